The van der Waals surface area contributed by atoms with Gasteiger partial charge in [0, 0.05) is 25.7 Å². The van der Waals surface area contributed by atoms with Crippen molar-refractivity contribution in [3.63, 3.8) is 0 Å². The second kappa shape index (κ2) is 55.6. The van der Waals surface area contributed by atoms with Crippen LogP contribution in [0.15, 0.2) is 0 Å². The number of rotatable bonds is 62. The Morgan fingerprint density at radius 2 is 0.561 bits per heavy atom. The summed E-state index contributed by atoms with van der Waals surface area (Å²) in [7, 11) is -9.88. The summed E-state index contributed by atoms with van der Waals surface area (Å²) in [6.45, 7) is 9.37. The zero-order chi connectivity index (χ0) is 60.8. The molecule has 486 valence electrons. The predicted octanol–water partition coefficient (Wildman–Crippen LogP) is 17.3. The average Bonchev–Trinajstić information content (AvgIpc) is 3.45. The Balaban J connectivity index is 5.22. The number of esters is 4. The summed E-state index contributed by atoms with van der Waals surface area (Å²) < 4.78 is 67.9. The van der Waals surface area contributed by atoms with Crippen molar-refractivity contribution in [3.8, 4) is 0 Å². The molecule has 0 rings (SSSR count). The molecule has 0 aliphatic carbocycles. The molecule has 0 saturated carbocycles. The van der Waals surface area contributed by atoms with Crippen LogP contribution in [-0.4, -0.2) is 96.7 Å². The molecule has 17 nitrogen and oxygen atoms in total. The summed E-state index contributed by atoms with van der Waals surface area (Å²) in [4.78, 5) is 72.0. The number of aliphatic hydroxyl groups excluding tert-OH is 1. The van der Waals surface area contributed by atoms with Crippen LogP contribution in [0.1, 0.15) is 311 Å². The van der Waals surface area contributed by atoms with Gasteiger partial charge in [0.15, 0.2) is 12.2 Å². The highest BCUT2D eigenvalue weighted by Crippen LogP contribution is 2.45. The minimum Gasteiger partial charge on any atom is -0.462 e. The Morgan fingerprint density at radius 1 is 0.329 bits per heavy atom. The molecule has 0 saturated heterocycles. The van der Waals surface area contributed by atoms with E-state index in [1.165, 1.54) is 116 Å². The van der Waals surface area contributed by atoms with Crippen LogP contribution in [0.25, 0.3) is 0 Å². The van der Waals surface area contributed by atoms with Crippen LogP contribution in [0.5, 0.6) is 0 Å². The van der Waals surface area contributed by atoms with Crippen molar-refractivity contribution in [1.29, 1.82) is 0 Å². The normalized spacial score (nSPS) is 14.3. The minimum absolute atomic E-state index is 0.103. The van der Waals surface area contributed by atoms with Gasteiger partial charge in [0.05, 0.1) is 26.4 Å². The maximum Gasteiger partial charge on any atom is 0.472 e. The first-order chi connectivity index (χ1) is 39.4. The van der Waals surface area contributed by atoms with Crippen molar-refractivity contribution in [2.75, 3.05) is 39.6 Å². The molecule has 5 atom stereocenters. The molecule has 19 heteroatoms. The number of phosphoric acid groups is 2. The highest BCUT2D eigenvalue weighted by Gasteiger charge is 2.30. The summed E-state index contributed by atoms with van der Waals surface area (Å²) in [5, 5.41) is 10.5. The van der Waals surface area contributed by atoms with E-state index in [9.17, 15) is 43.2 Å². The molecule has 0 bridgehead atoms. The predicted molar refractivity (Wildman–Crippen MR) is 326 cm³/mol. The number of hydrogen-bond acceptors (Lipinski definition) is 15. The number of aliphatic hydroxyl groups is 1. The van der Waals surface area contributed by atoms with Gasteiger partial charge in [0.1, 0.15) is 19.3 Å². The number of carbonyl (C=O) groups excluding carboxylic acids is 4. The van der Waals surface area contributed by atoms with E-state index in [0.29, 0.717) is 31.6 Å². The summed E-state index contributed by atoms with van der Waals surface area (Å²) in [6.07, 6.45) is 37.7. The molecule has 0 aromatic rings. The van der Waals surface area contributed by atoms with Gasteiger partial charge >= 0.3 is 39.5 Å². The van der Waals surface area contributed by atoms with Crippen LogP contribution in [0.4, 0.5) is 0 Å². The number of hydrogen-bond donors (Lipinski definition) is 3. The van der Waals surface area contributed by atoms with Crippen LogP contribution < -0.4 is 0 Å². The molecule has 0 spiro atoms. The number of ether oxygens (including phenoxy) is 4. The molecule has 0 fully saturated rings. The molecule has 0 heterocycles. The monoisotopic (exact) mass is 1210 g/mol. The number of carbonyl (C=O) groups is 4. The van der Waals surface area contributed by atoms with Crippen molar-refractivity contribution in [1.82, 2.24) is 0 Å². The molecular weight excluding hydrogens is 1090 g/mol. The summed E-state index contributed by atoms with van der Waals surface area (Å²) in [5.41, 5.74) is 0. The number of phosphoric ester groups is 2. The van der Waals surface area contributed by atoms with Gasteiger partial charge in [0.25, 0.3) is 0 Å². The van der Waals surface area contributed by atoms with E-state index in [-0.39, 0.29) is 25.7 Å². The fraction of sp³-hybridized carbons (Fsp3) is 0.937. The molecule has 0 aromatic carbocycles. The third-order valence-electron chi connectivity index (χ3n) is 14.5. The average molecular weight is 1210 g/mol. The Morgan fingerprint density at radius 3 is 0.829 bits per heavy atom. The Kier molecular flexibility index (Phi) is 54.3. The Hall–Kier alpha value is -1.94. The fourth-order valence-corrected chi connectivity index (χ4v) is 10.9. The van der Waals surface area contributed by atoms with Crippen LogP contribution in [0, 0.1) is 11.8 Å². The van der Waals surface area contributed by atoms with E-state index in [1.807, 2.05) is 0 Å². The Labute approximate surface area is 498 Å². The zero-order valence-electron chi connectivity index (χ0n) is 52.8. The minimum atomic E-state index is -4.94. The van der Waals surface area contributed by atoms with Crippen molar-refractivity contribution < 1.29 is 80.2 Å². The third-order valence-corrected chi connectivity index (χ3v) is 16.4. The molecule has 82 heavy (non-hydrogen) atoms. The van der Waals surface area contributed by atoms with E-state index in [1.54, 1.807) is 0 Å². The maximum absolute atomic E-state index is 13.0. The first kappa shape index (κ1) is 80.1. The summed E-state index contributed by atoms with van der Waals surface area (Å²) in [6, 6.07) is 0. The topological polar surface area (TPSA) is 237 Å². The lowest BCUT2D eigenvalue weighted by Gasteiger charge is -2.21. The van der Waals surface area contributed by atoms with Gasteiger partial charge in [-0.25, -0.2) is 9.13 Å². The van der Waals surface area contributed by atoms with Gasteiger partial charge in [-0.1, -0.05) is 260 Å². The molecule has 0 aliphatic rings. The molecule has 0 amide bonds. The summed E-state index contributed by atoms with van der Waals surface area (Å²) >= 11 is 0. The van der Waals surface area contributed by atoms with Crippen LogP contribution in [0.3, 0.4) is 0 Å². The first-order valence-electron chi connectivity index (χ1n) is 33.0. The molecule has 0 aliphatic heterocycles. The number of unbranched alkanes of at least 4 members (excludes halogenated alkanes) is 32. The molecule has 0 aromatic heterocycles. The van der Waals surface area contributed by atoms with E-state index >= 15 is 0 Å². The first-order valence-corrected chi connectivity index (χ1v) is 36.0. The van der Waals surface area contributed by atoms with E-state index in [0.717, 1.165) is 109 Å². The quantitative estimate of drug-likeness (QED) is 0.0222. The van der Waals surface area contributed by atoms with Crippen molar-refractivity contribution >= 4 is 39.5 Å². The molecule has 3 N–H and O–H groups in total. The SMILES string of the molecule is CCCCCCCCCCCCCCC(=O)OC[C@H](COP(=O)(O)OC[C@@H](O)COP(=O)(O)OC[C@@H](COC(=O)CCCCCCCCC)OC(=O)CCCCCCCCCC(C)C)OC(=O)CCCCCCCCCCCCC(C)C. The Bertz CT molecular complexity index is 1620. The second-order valence-electron chi connectivity index (χ2n) is 23.7. The largest absolute Gasteiger partial charge is 0.472 e. The van der Waals surface area contributed by atoms with E-state index < -0.39 is 97.5 Å². The van der Waals surface area contributed by atoms with Gasteiger partial charge in [-0.15, -0.1) is 0 Å². The smallest absolute Gasteiger partial charge is 0.462 e. The van der Waals surface area contributed by atoms with Crippen molar-refractivity contribution in [2.45, 2.75) is 330 Å². The lowest BCUT2D eigenvalue weighted by atomic mass is 10.0. The van der Waals surface area contributed by atoms with Crippen molar-refractivity contribution in [3.05, 3.63) is 0 Å². The second-order valence-corrected chi connectivity index (χ2v) is 26.7. The molecule has 2 unspecified atom stereocenters. The van der Waals surface area contributed by atoms with Gasteiger partial charge in [-0.2, -0.15) is 0 Å². The summed E-state index contributed by atoms with van der Waals surface area (Å²) in [5.74, 6) is -0.692. The molecule has 0 radical (unpaired) electrons. The van der Waals surface area contributed by atoms with E-state index in [4.69, 9.17) is 37.0 Å². The lowest BCUT2D eigenvalue weighted by molar-refractivity contribution is -0.161. The van der Waals surface area contributed by atoms with Crippen LogP contribution >= 0.6 is 15.6 Å². The van der Waals surface area contributed by atoms with Gasteiger partial charge in [-0.3, -0.25) is 37.3 Å². The van der Waals surface area contributed by atoms with Crippen LogP contribution in [0.2, 0.25) is 0 Å². The standard InChI is InChI=1S/C63H122O17P2/c1-7-9-11-13-15-16-17-18-22-28-34-40-46-61(66)74-52-59(79-62(67)47-41-35-29-23-20-19-21-26-31-37-43-55(3)4)54-78-82(71,72)76-50-57(64)49-75-81(69,70)77-53-58(51-73-60(65)45-39-33-25-14-12-10-8-2)80-63(68)48-42-36-30-24-27-32-38-44-56(5)6/h55-59,64H,7-54H2,1-6H3,(H,69,70)(H,71,72)/t57-,58+,59+/m0/s1. The fourth-order valence-electron chi connectivity index (χ4n) is 9.35. The highest BCUT2D eigenvalue weighted by molar-refractivity contribution is 7.47. The maximum atomic E-state index is 13.0. The van der Waals surface area contributed by atoms with E-state index in [2.05, 4.69) is 41.5 Å². The third kappa shape index (κ3) is 57.2. The van der Waals surface area contributed by atoms with Gasteiger partial charge in [-0.05, 0) is 37.5 Å². The van der Waals surface area contributed by atoms with Crippen molar-refractivity contribution in [2.24, 2.45) is 11.8 Å². The van der Waals surface area contributed by atoms with Crippen LogP contribution in [-0.2, 0) is 65.4 Å². The molecular formula is C63H122O17P2. The zero-order valence-corrected chi connectivity index (χ0v) is 54.6. The lowest BCUT2D eigenvalue weighted by Crippen LogP contribution is -2.30. The van der Waals surface area contributed by atoms with Gasteiger partial charge in [0.2, 0.25) is 0 Å². The highest BCUT2D eigenvalue weighted by atomic mass is 31.2. The van der Waals surface area contributed by atoms with Gasteiger partial charge < -0.3 is 33.8 Å².